The Bertz CT molecular complexity index is 707. The molecule has 0 radical (unpaired) electrons. The largest absolute Gasteiger partial charge is 0.312 e. The lowest BCUT2D eigenvalue weighted by atomic mass is 10.1. The van der Waals surface area contributed by atoms with Crippen molar-refractivity contribution in [2.24, 2.45) is 0 Å². The van der Waals surface area contributed by atoms with Gasteiger partial charge >= 0.3 is 0 Å². The predicted octanol–water partition coefficient (Wildman–Crippen LogP) is 1.47. The normalized spacial score (nSPS) is 11.9. The number of hydrogen-bond acceptors (Lipinski definition) is 3. The molecule has 1 aromatic heterocycles. The monoisotopic (exact) mass is 275 g/mol. The number of aromatic amines is 1. The Morgan fingerprint density at radius 2 is 1.80 bits per heavy atom. The van der Waals surface area contributed by atoms with Gasteiger partial charge in [-0.05, 0) is 45.9 Å². The first-order valence-corrected chi connectivity index (χ1v) is 6.85. The molecule has 0 unspecified atom stereocenters. The SMILES string of the molecule is CC(C)(C)NCCCn1[nH]c(=O)c2ccccc2c1=O. The summed E-state index contributed by atoms with van der Waals surface area (Å²) in [5.41, 5.74) is -0.304. The molecule has 2 aromatic rings. The highest BCUT2D eigenvalue weighted by Gasteiger charge is 2.09. The fourth-order valence-corrected chi connectivity index (χ4v) is 2.10. The van der Waals surface area contributed by atoms with Crippen molar-refractivity contribution in [1.29, 1.82) is 0 Å². The minimum atomic E-state index is -0.219. The van der Waals surface area contributed by atoms with E-state index in [1.807, 2.05) is 0 Å². The van der Waals surface area contributed by atoms with Crippen LogP contribution in [0.3, 0.4) is 0 Å². The van der Waals surface area contributed by atoms with Crippen LogP contribution in [0.2, 0.25) is 0 Å². The van der Waals surface area contributed by atoms with E-state index in [2.05, 4.69) is 31.2 Å². The van der Waals surface area contributed by atoms with Gasteiger partial charge in [0.2, 0.25) is 0 Å². The van der Waals surface area contributed by atoms with E-state index in [4.69, 9.17) is 0 Å². The van der Waals surface area contributed by atoms with Crippen LogP contribution >= 0.6 is 0 Å². The molecule has 0 bridgehead atoms. The molecule has 2 N–H and O–H groups in total. The second-order valence-electron chi connectivity index (χ2n) is 5.97. The van der Waals surface area contributed by atoms with Gasteiger partial charge in [0.15, 0.2) is 0 Å². The van der Waals surface area contributed by atoms with Crippen LogP contribution in [0.25, 0.3) is 10.8 Å². The van der Waals surface area contributed by atoms with E-state index < -0.39 is 0 Å². The van der Waals surface area contributed by atoms with Crippen LogP contribution in [0.1, 0.15) is 27.2 Å². The van der Waals surface area contributed by atoms with Crippen LogP contribution < -0.4 is 16.4 Å². The molecule has 0 atom stereocenters. The molecule has 1 heterocycles. The maximum Gasteiger partial charge on any atom is 0.273 e. The van der Waals surface area contributed by atoms with Gasteiger partial charge < -0.3 is 5.32 Å². The van der Waals surface area contributed by atoms with E-state index in [-0.39, 0.29) is 16.7 Å². The molecule has 0 aliphatic carbocycles. The third-order valence-electron chi connectivity index (χ3n) is 3.10. The molecule has 1 aromatic carbocycles. The lowest BCUT2D eigenvalue weighted by molar-refractivity contribution is 0.406. The molecule has 20 heavy (non-hydrogen) atoms. The summed E-state index contributed by atoms with van der Waals surface area (Å²) in [5.74, 6) is 0. The Morgan fingerprint density at radius 3 is 2.45 bits per heavy atom. The Balaban J connectivity index is 2.17. The van der Waals surface area contributed by atoms with Crippen molar-refractivity contribution >= 4 is 10.8 Å². The molecular weight excluding hydrogens is 254 g/mol. The van der Waals surface area contributed by atoms with E-state index in [1.54, 1.807) is 24.3 Å². The number of aromatic nitrogens is 2. The number of nitrogens with one attached hydrogen (secondary N) is 2. The fourth-order valence-electron chi connectivity index (χ4n) is 2.10. The number of nitrogens with zero attached hydrogens (tertiary/aromatic N) is 1. The van der Waals surface area contributed by atoms with Crippen LogP contribution in [-0.4, -0.2) is 21.9 Å². The summed E-state index contributed by atoms with van der Waals surface area (Å²) in [7, 11) is 0. The zero-order chi connectivity index (χ0) is 14.8. The van der Waals surface area contributed by atoms with Gasteiger partial charge in [-0.15, -0.1) is 0 Å². The summed E-state index contributed by atoms with van der Waals surface area (Å²) in [6.45, 7) is 7.58. The van der Waals surface area contributed by atoms with Crippen LogP contribution in [0.5, 0.6) is 0 Å². The zero-order valence-corrected chi connectivity index (χ0v) is 12.2. The van der Waals surface area contributed by atoms with Crippen LogP contribution in [-0.2, 0) is 6.54 Å². The maximum atomic E-state index is 12.2. The quantitative estimate of drug-likeness (QED) is 0.830. The zero-order valence-electron chi connectivity index (χ0n) is 12.2. The van der Waals surface area contributed by atoms with Crippen molar-refractivity contribution < 1.29 is 0 Å². The van der Waals surface area contributed by atoms with Gasteiger partial charge in [-0.25, -0.2) is 4.68 Å². The van der Waals surface area contributed by atoms with Crippen LogP contribution in [0.15, 0.2) is 33.9 Å². The first-order valence-electron chi connectivity index (χ1n) is 6.85. The van der Waals surface area contributed by atoms with E-state index in [0.717, 1.165) is 13.0 Å². The molecule has 0 saturated heterocycles. The predicted molar refractivity (Wildman–Crippen MR) is 81.2 cm³/mol. The van der Waals surface area contributed by atoms with E-state index in [1.165, 1.54) is 4.68 Å². The van der Waals surface area contributed by atoms with Gasteiger partial charge in [0.25, 0.3) is 11.1 Å². The summed E-state index contributed by atoms with van der Waals surface area (Å²) in [6, 6.07) is 6.89. The van der Waals surface area contributed by atoms with Crippen molar-refractivity contribution in [3.8, 4) is 0 Å². The highest BCUT2D eigenvalue weighted by atomic mass is 16.2. The molecular formula is C15H21N3O2. The minimum absolute atomic E-state index is 0.0573. The van der Waals surface area contributed by atoms with Crippen LogP contribution in [0, 0.1) is 0 Å². The molecule has 0 amide bonds. The number of fused-ring (bicyclic) bond motifs is 1. The van der Waals surface area contributed by atoms with Gasteiger partial charge in [0.1, 0.15) is 0 Å². The standard InChI is InChI=1S/C15H21N3O2/c1-15(2,3)16-9-6-10-18-14(20)12-8-5-4-7-11(12)13(19)17-18/h4-5,7-8,16H,6,9-10H2,1-3H3,(H,17,19). The Hall–Kier alpha value is -1.88. The summed E-state index contributed by atoms with van der Waals surface area (Å²) >= 11 is 0. The second-order valence-corrected chi connectivity index (χ2v) is 5.97. The average Bonchev–Trinajstić information content (AvgIpc) is 2.39. The first-order chi connectivity index (χ1) is 9.38. The summed E-state index contributed by atoms with van der Waals surface area (Å²) in [5, 5.41) is 6.91. The van der Waals surface area contributed by atoms with Crippen LogP contribution in [0.4, 0.5) is 0 Å². The Kier molecular flexibility index (Phi) is 4.09. The number of rotatable bonds is 4. The van der Waals surface area contributed by atoms with Gasteiger partial charge in [0.05, 0.1) is 10.8 Å². The van der Waals surface area contributed by atoms with E-state index in [9.17, 15) is 9.59 Å². The van der Waals surface area contributed by atoms with Gasteiger partial charge in [-0.1, -0.05) is 12.1 Å². The highest BCUT2D eigenvalue weighted by Crippen LogP contribution is 2.03. The van der Waals surface area contributed by atoms with Gasteiger partial charge in [0, 0.05) is 12.1 Å². The molecule has 108 valence electrons. The first kappa shape index (κ1) is 14.5. The third kappa shape index (κ3) is 3.36. The van der Waals surface area contributed by atoms with E-state index in [0.29, 0.717) is 17.3 Å². The number of benzene rings is 1. The Labute approximate surface area is 117 Å². The molecule has 0 saturated carbocycles. The average molecular weight is 275 g/mol. The topological polar surface area (TPSA) is 66.9 Å². The lowest BCUT2D eigenvalue weighted by Gasteiger charge is -2.20. The molecule has 2 rings (SSSR count). The van der Waals surface area contributed by atoms with Crippen molar-refractivity contribution in [2.45, 2.75) is 39.3 Å². The smallest absolute Gasteiger partial charge is 0.273 e. The van der Waals surface area contributed by atoms with Crippen molar-refractivity contribution in [3.05, 3.63) is 45.0 Å². The molecule has 0 aliphatic heterocycles. The third-order valence-corrected chi connectivity index (χ3v) is 3.10. The molecule has 0 fully saturated rings. The van der Waals surface area contributed by atoms with Gasteiger partial charge in [-0.2, -0.15) is 0 Å². The van der Waals surface area contributed by atoms with E-state index >= 15 is 0 Å². The molecule has 5 nitrogen and oxygen atoms in total. The summed E-state index contributed by atoms with van der Waals surface area (Å²) in [6.07, 6.45) is 0.783. The number of hydrogen-bond donors (Lipinski definition) is 2. The minimum Gasteiger partial charge on any atom is -0.312 e. The summed E-state index contributed by atoms with van der Waals surface area (Å²) < 4.78 is 1.40. The second kappa shape index (κ2) is 5.63. The molecule has 0 aliphatic rings. The van der Waals surface area contributed by atoms with Crippen molar-refractivity contribution in [2.75, 3.05) is 6.54 Å². The molecule has 0 spiro atoms. The van der Waals surface area contributed by atoms with Crippen molar-refractivity contribution in [1.82, 2.24) is 15.1 Å². The molecule has 5 heteroatoms. The number of H-pyrrole nitrogens is 1. The van der Waals surface area contributed by atoms with Crippen molar-refractivity contribution in [3.63, 3.8) is 0 Å². The number of aryl methyl sites for hydroxylation is 1. The lowest BCUT2D eigenvalue weighted by Crippen LogP contribution is -2.37. The Morgan fingerprint density at radius 1 is 1.15 bits per heavy atom. The summed E-state index contributed by atoms with van der Waals surface area (Å²) in [4.78, 5) is 24.2. The van der Waals surface area contributed by atoms with Gasteiger partial charge in [-0.3, -0.25) is 14.7 Å². The maximum absolute atomic E-state index is 12.2. The highest BCUT2D eigenvalue weighted by molar-refractivity contribution is 5.80. The fraction of sp³-hybridized carbons (Fsp3) is 0.467.